The number of amides is 1. The van der Waals surface area contributed by atoms with Crippen LogP contribution in [-0.2, 0) is 6.42 Å². The van der Waals surface area contributed by atoms with Gasteiger partial charge in [-0.05, 0) is 42.7 Å². The van der Waals surface area contributed by atoms with Crippen molar-refractivity contribution in [2.24, 2.45) is 0 Å². The zero-order valence-electron chi connectivity index (χ0n) is 13.8. The lowest BCUT2D eigenvalue weighted by atomic mass is 10.2. The van der Waals surface area contributed by atoms with E-state index in [9.17, 15) is 4.79 Å². The van der Waals surface area contributed by atoms with Gasteiger partial charge < -0.3 is 10.2 Å². The summed E-state index contributed by atoms with van der Waals surface area (Å²) in [6, 6.07) is 7.65. The zero-order chi connectivity index (χ0) is 16.5. The number of likely N-dealkylation sites (N-methyl/N-ethyl adjacent to an activating group) is 1. The van der Waals surface area contributed by atoms with Crippen LogP contribution in [0.2, 0.25) is 0 Å². The zero-order valence-corrected chi connectivity index (χ0v) is 13.8. The van der Waals surface area contributed by atoms with Crippen LogP contribution >= 0.6 is 0 Å². The fraction of sp³-hybridized carbons (Fsp3) is 0.389. The van der Waals surface area contributed by atoms with Gasteiger partial charge in [-0.1, -0.05) is 13.3 Å². The largest absolute Gasteiger partial charge is 0.385 e. The standard InChI is InChI=1S/C18H24N4O/c1-3-4-9-20-16-7-12-21-17(14-16)18(23)22(2)13-8-15-5-10-19-11-6-15/h5-7,10-12,14H,3-4,8-9,13H2,1-2H3,(H,20,21). The van der Waals surface area contributed by atoms with Crippen molar-refractivity contribution in [2.75, 3.05) is 25.5 Å². The molecule has 0 radical (unpaired) electrons. The van der Waals surface area contributed by atoms with Crippen LogP contribution in [0.4, 0.5) is 5.69 Å². The molecule has 23 heavy (non-hydrogen) atoms. The molecule has 0 spiro atoms. The molecule has 2 rings (SSSR count). The molecule has 1 N–H and O–H groups in total. The average molecular weight is 312 g/mol. The third-order valence-corrected chi connectivity index (χ3v) is 3.67. The summed E-state index contributed by atoms with van der Waals surface area (Å²) < 4.78 is 0. The minimum atomic E-state index is -0.0572. The first-order valence-electron chi connectivity index (χ1n) is 8.05. The second-order valence-electron chi connectivity index (χ2n) is 5.54. The number of carbonyl (C=O) groups excluding carboxylic acids is 1. The summed E-state index contributed by atoms with van der Waals surface area (Å²) in [6.07, 6.45) is 8.27. The van der Waals surface area contributed by atoms with Gasteiger partial charge in [0.25, 0.3) is 5.91 Å². The molecule has 0 saturated carbocycles. The third-order valence-electron chi connectivity index (χ3n) is 3.67. The van der Waals surface area contributed by atoms with Gasteiger partial charge >= 0.3 is 0 Å². The molecule has 0 aliphatic rings. The first-order chi connectivity index (χ1) is 11.2. The number of rotatable bonds is 8. The number of hydrogen-bond donors (Lipinski definition) is 1. The van der Waals surface area contributed by atoms with Gasteiger partial charge in [0.05, 0.1) is 0 Å². The lowest BCUT2D eigenvalue weighted by Gasteiger charge is -2.17. The van der Waals surface area contributed by atoms with Crippen molar-refractivity contribution < 1.29 is 4.79 Å². The van der Waals surface area contributed by atoms with Crippen molar-refractivity contribution >= 4 is 11.6 Å². The summed E-state index contributed by atoms with van der Waals surface area (Å²) in [7, 11) is 1.81. The molecule has 5 nitrogen and oxygen atoms in total. The van der Waals surface area contributed by atoms with Gasteiger partial charge in [0.1, 0.15) is 5.69 Å². The molecule has 0 saturated heterocycles. The average Bonchev–Trinajstić information content (AvgIpc) is 2.60. The van der Waals surface area contributed by atoms with E-state index < -0.39 is 0 Å². The topological polar surface area (TPSA) is 58.1 Å². The molecular formula is C18H24N4O. The molecular weight excluding hydrogens is 288 g/mol. The molecule has 2 aromatic heterocycles. The van der Waals surface area contributed by atoms with E-state index in [4.69, 9.17) is 0 Å². The number of aromatic nitrogens is 2. The first kappa shape index (κ1) is 16.9. The Morgan fingerprint density at radius 3 is 2.74 bits per heavy atom. The van der Waals surface area contributed by atoms with E-state index in [1.54, 1.807) is 23.5 Å². The lowest BCUT2D eigenvalue weighted by Crippen LogP contribution is -2.29. The maximum Gasteiger partial charge on any atom is 0.272 e. The number of pyridine rings is 2. The highest BCUT2D eigenvalue weighted by Crippen LogP contribution is 2.10. The highest BCUT2D eigenvalue weighted by atomic mass is 16.2. The van der Waals surface area contributed by atoms with Crippen molar-refractivity contribution in [2.45, 2.75) is 26.2 Å². The number of unbranched alkanes of at least 4 members (excludes halogenated alkanes) is 1. The number of anilines is 1. The van der Waals surface area contributed by atoms with Crippen LogP contribution in [0.25, 0.3) is 0 Å². The third kappa shape index (κ3) is 5.36. The number of nitrogens with one attached hydrogen (secondary N) is 1. The number of carbonyl (C=O) groups is 1. The van der Waals surface area contributed by atoms with Crippen molar-refractivity contribution in [3.8, 4) is 0 Å². The van der Waals surface area contributed by atoms with E-state index in [0.29, 0.717) is 12.2 Å². The Labute approximate surface area is 137 Å². The summed E-state index contributed by atoms with van der Waals surface area (Å²) in [4.78, 5) is 22.4. The lowest BCUT2D eigenvalue weighted by molar-refractivity contribution is 0.0791. The molecule has 0 aromatic carbocycles. The van der Waals surface area contributed by atoms with E-state index in [-0.39, 0.29) is 5.91 Å². The fourth-order valence-corrected chi connectivity index (χ4v) is 2.21. The molecule has 122 valence electrons. The van der Waals surface area contributed by atoms with Gasteiger partial charge in [0.2, 0.25) is 0 Å². The smallest absolute Gasteiger partial charge is 0.272 e. The Morgan fingerprint density at radius 2 is 2.00 bits per heavy atom. The Balaban J connectivity index is 1.92. The molecule has 1 amide bonds. The molecule has 0 aliphatic carbocycles. The highest BCUT2D eigenvalue weighted by Gasteiger charge is 2.13. The SMILES string of the molecule is CCCCNc1ccnc(C(=O)N(C)CCc2ccncc2)c1. The Bertz CT molecular complexity index is 615. The van der Waals surface area contributed by atoms with Gasteiger partial charge in [-0.2, -0.15) is 0 Å². The molecule has 0 fully saturated rings. The molecule has 0 atom stereocenters. The summed E-state index contributed by atoms with van der Waals surface area (Å²) in [5, 5.41) is 3.32. The second-order valence-corrected chi connectivity index (χ2v) is 5.54. The highest BCUT2D eigenvalue weighted by molar-refractivity contribution is 5.92. The van der Waals surface area contributed by atoms with E-state index in [2.05, 4.69) is 22.2 Å². The van der Waals surface area contributed by atoms with Crippen molar-refractivity contribution in [1.82, 2.24) is 14.9 Å². The molecule has 5 heteroatoms. The molecule has 0 bridgehead atoms. The van der Waals surface area contributed by atoms with Crippen LogP contribution in [0.15, 0.2) is 42.9 Å². The normalized spacial score (nSPS) is 10.3. The maximum absolute atomic E-state index is 12.5. The van der Waals surface area contributed by atoms with Gasteiger partial charge in [0.15, 0.2) is 0 Å². The van der Waals surface area contributed by atoms with Crippen molar-refractivity contribution in [3.05, 3.63) is 54.1 Å². The summed E-state index contributed by atoms with van der Waals surface area (Å²) in [6.45, 7) is 3.71. The van der Waals surface area contributed by atoms with Crippen LogP contribution < -0.4 is 5.32 Å². The first-order valence-corrected chi connectivity index (χ1v) is 8.05. The maximum atomic E-state index is 12.5. The quantitative estimate of drug-likeness (QED) is 0.761. The predicted molar refractivity (Wildman–Crippen MR) is 92.5 cm³/mol. The molecule has 2 heterocycles. The van der Waals surface area contributed by atoms with E-state index >= 15 is 0 Å². The van der Waals surface area contributed by atoms with E-state index in [0.717, 1.165) is 31.5 Å². The Kier molecular flexibility index (Phi) is 6.54. The van der Waals surface area contributed by atoms with Crippen LogP contribution in [0.5, 0.6) is 0 Å². The second kappa shape index (κ2) is 8.88. The minimum Gasteiger partial charge on any atom is -0.385 e. The summed E-state index contributed by atoms with van der Waals surface area (Å²) >= 11 is 0. The van der Waals surface area contributed by atoms with Crippen molar-refractivity contribution in [1.29, 1.82) is 0 Å². The van der Waals surface area contributed by atoms with E-state index in [1.807, 2.05) is 31.3 Å². The molecule has 0 aliphatic heterocycles. The van der Waals surface area contributed by atoms with Crippen LogP contribution in [0.1, 0.15) is 35.8 Å². The van der Waals surface area contributed by atoms with Crippen LogP contribution in [0, 0.1) is 0 Å². The number of nitrogens with zero attached hydrogens (tertiary/aromatic N) is 3. The Morgan fingerprint density at radius 1 is 1.22 bits per heavy atom. The van der Waals surface area contributed by atoms with Gasteiger partial charge in [0, 0.05) is 44.4 Å². The monoisotopic (exact) mass is 312 g/mol. The fourth-order valence-electron chi connectivity index (χ4n) is 2.21. The predicted octanol–water partition coefficient (Wildman–Crippen LogP) is 3.00. The van der Waals surface area contributed by atoms with E-state index in [1.165, 1.54) is 5.56 Å². The number of hydrogen-bond acceptors (Lipinski definition) is 4. The van der Waals surface area contributed by atoms with Crippen molar-refractivity contribution in [3.63, 3.8) is 0 Å². The van der Waals surface area contributed by atoms with Crippen LogP contribution in [-0.4, -0.2) is 40.9 Å². The minimum absolute atomic E-state index is 0.0572. The molecule has 0 unspecified atom stereocenters. The molecule has 2 aromatic rings. The summed E-state index contributed by atoms with van der Waals surface area (Å²) in [5.74, 6) is -0.0572. The van der Waals surface area contributed by atoms with Gasteiger partial charge in [-0.15, -0.1) is 0 Å². The van der Waals surface area contributed by atoms with Gasteiger partial charge in [-0.25, -0.2) is 0 Å². The summed E-state index contributed by atoms with van der Waals surface area (Å²) in [5.41, 5.74) is 2.59. The Hall–Kier alpha value is -2.43. The van der Waals surface area contributed by atoms with Crippen LogP contribution in [0.3, 0.4) is 0 Å². The van der Waals surface area contributed by atoms with Gasteiger partial charge in [-0.3, -0.25) is 14.8 Å².